The summed E-state index contributed by atoms with van der Waals surface area (Å²) < 4.78 is 6.23. The van der Waals surface area contributed by atoms with E-state index in [0.29, 0.717) is 23.5 Å². The number of hydrogen-bond acceptors (Lipinski definition) is 3. The minimum Gasteiger partial charge on any atom is -0.487 e. The average Bonchev–Trinajstić information content (AvgIpc) is 3.09. The summed E-state index contributed by atoms with van der Waals surface area (Å²) in [7, 11) is 0. The molecule has 0 amide bonds. The van der Waals surface area contributed by atoms with E-state index in [-0.39, 0.29) is 5.78 Å². The zero-order valence-electron chi connectivity index (χ0n) is 23.7. The summed E-state index contributed by atoms with van der Waals surface area (Å²) in [4.78, 5) is 17.5. The Morgan fingerprint density at radius 2 is 1.24 bits per heavy atom. The van der Waals surface area contributed by atoms with Crippen molar-refractivity contribution in [1.29, 1.82) is 0 Å². The molecule has 0 unspecified atom stereocenters. The predicted molar refractivity (Wildman–Crippen MR) is 172 cm³/mol. The Morgan fingerprint density at radius 3 is 1.93 bits per heavy atom. The van der Waals surface area contributed by atoms with Crippen molar-refractivity contribution in [2.75, 3.05) is 0 Å². The number of ether oxygens (including phenoxy) is 1. The first-order valence-corrected chi connectivity index (χ1v) is 14.2. The van der Waals surface area contributed by atoms with Crippen LogP contribution in [0.4, 0.5) is 0 Å². The van der Waals surface area contributed by atoms with Gasteiger partial charge in [-0.15, -0.1) is 0 Å². The fraction of sp³-hybridized carbons (Fsp3) is 0.0769. The number of hydrogen-bond donors (Lipinski definition) is 0. The standard InChI is InChI=1S/C26H20O2.C13H13N/c27-25(22-15-8-3-9-16-22)24-18-10-17-23(21-13-6-2-7-14-21)26(24)28-19-20-11-4-1-5-12-20;1-2-11-6-5-7-12(10-11)13-8-3-4-9-14-13/h1-18H,19H2;3-10H,2H2,1H3. The SMILES string of the molecule is CCc1cccc(-c2ccccn2)c1.O=C(c1ccccc1)c1cccc(-c2ccccc2)c1OCc1ccccc1. The van der Waals surface area contributed by atoms with Crippen LogP contribution in [0.15, 0.2) is 158 Å². The summed E-state index contributed by atoms with van der Waals surface area (Å²) in [6.07, 6.45) is 2.90. The largest absolute Gasteiger partial charge is 0.487 e. The van der Waals surface area contributed by atoms with Crippen molar-refractivity contribution < 1.29 is 9.53 Å². The number of aryl methyl sites for hydroxylation is 1. The molecule has 1 aromatic heterocycles. The second kappa shape index (κ2) is 14.4. The van der Waals surface area contributed by atoms with E-state index in [9.17, 15) is 4.79 Å². The summed E-state index contributed by atoms with van der Waals surface area (Å²) >= 11 is 0. The number of carbonyl (C=O) groups excluding carboxylic acids is 1. The Labute approximate surface area is 248 Å². The maximum atomic E-state index is 13.2. The van der Waals surface area contributed by atoms with Crippen molar-refractivity contribution in [3.05, 3.63) is 180 Å². The van der Waals surface area contributed by atoms with Crippen molar-refractivity contribution in [1.82, 2.24) is 4.98 Å². The van der Waals surface area contributed by atoms with Gasteiger partial charge in [0.1, 0.15) is 12.4 Å². The molecular weight excluding hydrogens is 514 g/mol. The lowest BCUT2D eigenvalue weighted by Gasteiger charge is -2.16. The number of benzene rings is 5. The van der Waals surface area contributed by atoms with Crippen molar-refractivity contribution in [2.45, 2.75) is 20.0 Å². The van der Waals surface area contributed by atoms with Gasteiger partial charge in [-0.1, -0.05) is 134 Å². The first-order valence-electron chi connectivity index (χ1n) is 14.2. The van der Waals surface area contributed by atoms with E-state index in [4.69, 9.17) is 4.74 Å². The highest BCUT2D eigenvalue weighted by Gasteiger charge is 2.19. The molecule has 0 aliphatic rings. The van der Waals surface area contributed by atoms with Crippen molar-refractivity contribution >= 4 is 5.78 Å². The van der Waals surface area contributed by atoms with Crippen LogP contribution in [0.5, 0.6) is 5.75 Å². The van der Waals surface area contributed by atoms with Crippen LogP contribution in [-0.4, -0.2) is 10.8 Å². The number of carbonyl (C=O) groups is 1. The van der Waals surface area contributed by atoms with E-state index in [0.717, 1.165) is 28.8 Å². The van der Waals surface area contributed by atoms with Crippen LogP contribution < -0.4 is 4.74 Å². The third-order valence-corrected chi connectivity index (χ3v) is 6.90. The minimum absolute atomic E-state index is 0.0403. The molecule has 6 aromatic rings. The van der Waals surface area contributed by atoms with Gasteiger partial charge in [-0.05, 0) is 47.4 Å². The van der Waals surface area contributed by atoms with Gasteiger partial charge in [-0.25, -0.2) is 0 Å². The normalized spacial score (nSPS) is 10.3. The van der Waals surface area contributed by atoms with Gasteiger partial charge < -0.3 is 4.74 Å². The lowest BCUT2D eigenvalue weighted by atomic mass is 9.96. The molecule has 0 saturated heterocycles. The minimum atomic E-state index is -0.0403. The number of nitrogens with zero attached hydrogens (tertiary/aromatic N) is 1. The third kappa shape index (κ3) is 7.26. The van der Waals surface area contributed by atoms with Gasteiger partial charge in [0.2, 0.25) is 0 Å². The summed E-state index contributed by atoms with van der Waals surface area (Å²) in [6, 6.07) is 49.6. The molecule has 0 fully saturated rings. The zero-order valence-corrected chi connectivity index (χ0v) is 23.7. The molecule has 0 aliphatic heterocycles. The number of para-hydroxylation sites is 1. The van der Waals surface area contributed by atoms with Crippen molar-refractivity contribution in [2.24, 2.45) is 0 Å². The highest BCUT2D eigenvalue weighted by atomic mass is 16.5. The van der Waals surface area contributed by atoms with E-state index in [1.807, 2.05) is 134 Å². The second-order valence-corrected chi connectivity index (χ2v) is 9.79. The van der Waals surface area contributed by atoms with E-state index < -0.39 is 0 Å². The number of ketones is 1. The molecule has 5 aromatic carbocycles. The molecule has 42 heavy (non-hydrogen) atoms. The molecule has 0 N–H and O–H groups in total. The summed E-state index contributed by atoms with van der Waals surface area (Å²) in [5, 5.41) is 0. The van der Waals surface area contributed by atoms with Crippen LogP contribution in [0, 0.1) is 0 Å². The highest BCUT2D eigenvalue weighted by molar-refractivity contribution is 6.11. The van der Waals surface area contributed by atoms with Crippen LogP contribution in [0.2, 0.25) is 0 Å². The molecule has 6 rings (SSSR count). The lowest BCUT2D eigenvalue weighted by molar-refractivity contribution is 0.103. The molecule has 0 atom stereocenters. The molecule has 1 heterocycles. The smallest absolute Gasteiger partial charge is 0.196 e. The van der Waals surface area contributed by atoms with E-state index in [1.165, 1.54) is 11.1 Å². The Kier molecular flexibility index (Phi) is 9.67. The predicted octanol–water partition coefficient (Wildman–Crippen LogP) is 9.47. The van der Waals surface area contributed by atoms with Gasteiger partial charge in [0.25, 0.3) is 0 Å². The van der Waals surface area contributed by atoms with Crippen molar-refractivity contribution in [3.8, 4) is 28.1 Å². The Morgan fingerprint density at radius 1 is 0.619 bits per heavy atom. The maximum absolute atomic E-state index is 13.2. The van der Waals surface area contributed by atoms with Crippen LogP contribution in [-0.2, 0) is 13.0 Å². The first kappa shape index (κ1) is 28.3. The molecule has 206 valence electrons. The van der Waals surface area contributed by atoms with Gasteiger partial charge in [-0.2, -0.15) is 0 Å². The average molecular weight is 548 g/mol. The van der Waals surface area contributed by atoms with Crippen LogP contribution in [0.25, 0.3) is 22.4 Å². The number of rotatable bonds is 8. The summed E-state index contributed by atoms with van der Waals surface area (Å²) in [6.45, 7) is 2.57. The Hall–Kier alpha value is -5.28. The quantitative estimate of drug-likeness (QED) is 0.178. The Balaban J connectivity index is 0.000000211. The van der Waals surface area contributed by atoms with Crippen LogP contribution in [0.1, 0.15) is 34.0 Å². The molecule has 0 bridgehead atoms. The van der Waals surface area contributed by atoms with Gasteiger partial charge >= 0.3 is 0 Å². The third-order valence-electron chi connectivity index (χ3n) is 6.90. The number of aromatic nitrogens is 1. The first-order chi connectivity index (χ1) is 20.7. The molecular formula is C39H33NO2. The van der Waals surface area contributed by atoms with Gasteiger partial charge in [0.05, 0.1) is 11.3 Å². The zero-order chi connectivity index (χ0) is 29.0. The fourth-order valence-corrected chi connectivity index (χ4v) is 4.68. The molecule has 0 radical (unpaired) electrons. The van der Waals surface area contributed by atoms with Crippen LogP contribution >= 0.6 is 0 Å². The molecule has 3 heteroatoms. The summed E-state index contributed by atoms with van der Waals surface area (Å²) in [5.41, 5.74) is 7.82. The fourth-order valence-electron chi connectivity index (χ4n) is 4.68. The van der Waals surface area contributed by atoms with Gasteiger partial charge in [0.15, 0.2) is 5.78 Å². The van der Waals surface area contributed by atoms with Gasteiger partial charge in [0, 0.05) is 22.9 Å². The second-order valence-electron chi connectivity index (χ2n) is 9.79. The van der Waals surface area contributed by atoms with Gasteiger partial charge in [-0.3, -0.25) is 9.78 Å². The molecule has 0 spiro atoms. The van der Waals surface area contributed by atoms with Crippen molar-refractivity contribution in [3.63, 3.8) is 0 Å². The molecule has 0 aliphatic carbocycles. The van der Waals surface area contributed by atoms with E-state index >= 15 is 0 Å². The highest BCUT2D eigenvalue weighted by Crippen LogP contribution is 2.35. The Bertz CT molecular complexity index is 1700. The van der Waals surface area contributed by atoms with E-state index in [1.54, 1.807) is 0 Å². The maximum Gasteiger partial charge on any atom is 0.196 e. The molecule has 3 nitrogen and oxygen atoms in total. The molecule has 0 saturated carbocycles. The van der Waals surface area contributed by atoms with Crippen LogP contribution in [0.3, 0.4) is 0 Å². The topological polar surface area (TPSA) is 39.2 Å². The lowest BCUT2D eigenvalue weighted by Crippen LogP contribution is -2.07. The number of pyridine rings is 1. The monoisotopic (exact) mass is 547 g/mol. The summed E-state index contributed by atoms with van der Waals surface area (Å²) in [5.74, 6) is 0.577. The van der Waals surface area contributed by atoms with E-state index in [2.05, 4.69) is 36.2 Å².